The molecule has 0 bridgehead atoms. The Bertz CT molecular complexity index is 500. The van der Waals surface area contributed by atoms with E-state index in [0.29, 0.717) is 0 Å². The Labute approximate surface area is 105 Å². The van der Waals surface area contributed by atoms with Crippen molar-refractivity contribution in [3.8, 4) is 16.3 Å². The molecule has 0 unspecified atom stereocenters. The molecule has 0 spiro atoms. The molecule has 0 saturated heterocycles. The molecule has 0 aliphatic rings. The van der Waals surface area contributed by atoms with E-state index >= 15 is 0 Å². The highest BCUT2D eigenvalue weighted by molar-refractivity contribution is 7.83. The van der Waals surface area contributed by atoms with Gasteiger partial charge in [0.1, 0.15) is 10.8 Å². The summed E-state index contributed by atoms with van der Waals surface area (Å²) in [6, 6.07) is 6.09. The summed E-state index contributed by atoms with van der Waals surface area (Å²) in [5.41, 5.74) is 3.20. The van der Waals surface area contributed by atoms with Crippen LogP contribution in [0.3, 0.4) is 0 Å². The number of nitrogens with zero attached hydrogens (tertiary/aromatic N) is 1. The highest BCUT2D eigenvalue weighted by atomic mass is 32.2. The third kappa shape index (κ3) is 2.08. The predicted molar refractivity (Wildman–Crippen MR) is 70.8 cm³/mol. The van der Waals surface area contributed by atoms with Crippen LogP contribution < -0.4 is 4.74 Å². The molecule has 0 fully saturated rings. The van der Waals surface area contributed by atoms with E-state index in [1.165, 1.54) is 5.56 Å². The lowest BCUT2D eigenvalue weighted by Gasteiger charge is -2.06. The van der Waals surface area contributed by atoms with Gasteiger partial charge in [0.15, 0.2) is 0 Å². The van der Waals surface area contributed by atoms with Gasteiger partial charge in [0.2, 0.25) is 0 Å². The number of ether oxygens (including phenoxy) is 1. The SMILES string of the molecule is COc1ccc(C)cc1-c1nc(C)c(S)s1. The number of rotatable bonds is 2. The van der Waals surface area contributed by atoms with Gasteiger partial charge in [0.05, 0.1) is 22.6 Å². The van der Waals surface area contributed by atoms with Gasteiger partial charge in [0.25, 0.3) is 0 Å². The monoisotopic (exact) mass is 251 g/mol. The number of thiazole rings is 1. The summed E-state index contributed by atoms with van der Waals surface area (Å²) in [5, 5.41) is 0.961. The average Bonchev–Trinajstić information content (AvgIpc) is 2.59. The third-order valence-corrected chi connectivity index (χ3v) is 3.95. The normalized spacial score (nSPS) is 10.5. The first kappa shape index (κ1) is 11.5. The van der Waals surface area contributed by atoms with Crippen LogP contribution in [0.2, 0.25) is 0 Å². The van der Waals surface area contributed by atoms with Gasteiger partial charge in [-0.3, -0.25) is 0 Å². The van der Waals surface area contributed by atoms with Crippen LogP contribution >= 0.6 is 24.0 Å². The van der Waals surface area contributed by atoms with Gasteiger partial charge in [-0.2, -0.15) is 0 Å². The van der Waals surface area contributed by atoms with Crippen molar-refractivity contribution < 1.29 is 4.74 Å². The van der Waals surface area contributed by atoms with E-state index in [1.807, 2.05) is 19.1 Å². The minimum atomic E-state index is 0.854. The standard InChI is InChI=1S/C12H13NOS2/c1-7-4-5-10(14-3)9(6-7)11-13-8(2)12(15)16-11/h4-6,15H,1-3H3. The van der Waals surface area contributed by atoms with Crippen molar-refractivity contribution in [2.45, 2.75) is 18.1 Å². The molecule has 0 saturated carbocycles. The van der Waals surface area contributed by atoms with Gasteiger partial charge in [0, 0.05) is 0 Å². The van der Waals surface area contributed by atoms with E-state index in [2.05, 4.69) is 30.6 Å². The summed E-state index contributed by atoms with van der Waals surface area (Å²) >= 11 is 5.95. The number of thiol groups is 1. The maximum Gasteiger partial charge on any atom is 0.129 e. The number of methoxy groups -OCH3 is 1. The van der Waals surface area contributed by atoms with Crippen molar-refractivity contribution in [1.29, 1.82) is 0 Å². The molecule has 16 heavy (non-hydrogen) atoms. The van der Waals surface area contributed by atoms with Crippen molar-refractivity contribution in [1.82, 2.24) is 4.98 Å². The predicted octanol–water partition coefficient (Wildman–Crippen LogP) is 3.72. The fourth-order valence-corrected chi connectivity index (χ4v) is 2.63. The molecule has 1 aromatic heterocycles. The van der Waals surface area contributed by atoms with E-state index in [9.17, 15) is 0 Å². The molecule has 0 N–H and O–H groups in total. The Morgan fingerprint density at radius 1 is 1.31 bits per heavy atom. The molecule has 0 radical (unpaired) electrons. The first-order valence-electron chi connectivity index (χ1n) is 4.93. The molecule has 84 valence electrons. The van der Waals surface area contributed by atoms with Gasteiger partial charge in [-0.15, -0.1) is 24.0 Å². The first-order chi connectivity index (χ1) is 7.61. The van der Waals surface area contributed by atoms with Gasteiger partial charge >= 0.3 is 0 Å². The average molecular weight is 251 g/mol. The lowest BCUT2D eigenvalue weighted by Crippen LogP contribution is -1.88. The molecule has 2 nitrogen and oxygen atoms in total. The molecule has 2 aromatic rings. The van der Waals surface area contributed by atoms with E-state index in [4.69, 9.17) is 4.74 Å². The Hall–Kier alpha value is -1.000. The van der Waals surface area contributed by atoms with Gasteiger partial charge in [-0.05, 0) is 26.0 Å². The molecule has 0 aliphatic carbocycles. The lowest BCUT2D eigenvalue weighted by atomic mass is 10.1. The zero-order chi connectivity index (χ0) is 11.7. The Morgan fingerprint density at radius 2 is 2.06 bits per heavy atom. The molecule has 0 amide bonds. The summed E-state index contributed by atoms with van der Waals surface area (Å²) in [6.45, 7) is 4.02. The summed E-state index contributed by atoms with van der Waals surface area (Å²) < 4.78 is 6.30. The van der Waals surface area contributed by atoms with Gasteiger partial charge < -0.3 is 4.74 Å². The van der Waals surface area contributed by atoms with Crippen molar-refractivity contribution in [2.75, 3.05) is 7.11 Å². The van der Waals surface area contributed by atoms with Crippen LogP contribution in [-0.2, 0) is 0 Å². The summed E-state index contributed by atoms with van der Waals surface area (Å²) in [7, 11) is 1.68. The molecular formula is C12H13NOS2. The summed E-state index contributed by atoms with van der Waals surface area (Å²) in [4.78, 5) is 4.49. The number of hydrogen-bond acceptors (Lipinski definition) is 4. The van der Waals surface area contributed by atoms with Crippen LogP contribution in [0, 0.1) is 13.8 Å². The number of aromatic nitrogens is 1. The second-order valence-corrected chi connectivity index (χ2v) is 5.36. The van der Waals surface area contributed by atoms with E-state index < -0.39 is 0 Å². The minimum absolute atomic E-state index is 0.854. The van der Waals surface area contributed by atoms with E-state index in [0.717, 1.165) is 26.2 Å². The lowest BCUT2D eigenvalue weighted by molar-refractivity contribution is 0.416. The van der Waals surface area contributed by atoms with Crippen molar-refractivity contribution in [3.63, 3.8) is 0 Å². The fourth-order valence-electron chi connectivity index (χ4n) is 1.49. The largest absolute Gasteiger partial charge is 0.496 e. The summed E-state index contributed by atoms with van der Waals surface area (Å²) in [6.07, 6.45) is 0. The third-order valence-electron chi connectivity index (χ3n) is 2.36. The topological polar surface area (TPSA) is 22.1 Å². The first-order valence-corrected chi connectivity index (χ1v) is 6.19. The second-order valence-electron chi connectivity index (χ2n) is 3.61. The fraction of sp³-hybridized carbons (Fsp3) is 0.250. The van der Waals surface area contributed by atoms with Crippen LogP contribution in [0.15, 0.2) is 22.4 Å². The van der Waals surface area contributed by atoms with E-state index in [-0.39, 0.29) is 0 Å². The molecule has 0 atom stereocenters. The highest BCUT2D eigenvalue weighted by Gasteiger charge is 2.11. The van der Waals surface area contributed by atoms with E-state index in [1.54, 1.807) is 18.4 Å². The van der Waals surface area contributed by atoms with Crippen LogP contribution in [0.4, 0.5) is 0 Å². The number of aryl methyl sites for hydroxylation is 2. The molecule has 1 heterocycles. The van der Waals surface area contributed by atoms with Crippen LogP contribution in [0.25, 0.3) is 10.6 Å². The van der Waals surface area contributed by atoms with Crippen LogP contribution in [0.5, 0.6) is 5.75 Å². The minimum Gasteiger partial charge on any atom is -0.496 e. The van der Waals surface area contributed by atoms with Gasteiger partial charge in [-0.1, -0.05) is 11.6 Å². The number of benzene rings is 1. The molecular weight excluding hydrogens is 238 g/mol. The highest BCUT2D eigenvalue weighted by Crippen LogP contribution is 2.36. The maximum absolute atomic E-state index is 5.35. The second kappa shape index (κ2) is 4.47. The molecule has 4 heteroatoms. The zero-order valence-electron chi connectivity index (χ0n) is 9.44. The van der Waals surface area contributed by atoms with Crippen LogP contribution in [-0.4, -0.2) is 12.1 Å². The Kier molecular flexibility index (Phi) is 3.21. The smallest absolute Gasteiger partial charge is 0.129 e. The molecule has 0 aliphatic heterocycles. The summed E-state index contributed by atoms with van der Waals surface area (Å²) in [5.74, 6) is 0.854. The maximum atomic E-state index is 5.35. The Morgan fingerprint density at radius 3 is 2.62 bits per heavy atom. The van der Waals surface area contributed by atoms with Crippen molar-refractivity contribution >= 4 is 24.0 Å². The van der Waals surface area contributed by atoms with Crippen molar-refractivity contribution in [3.05, 3.63) is 29.5 Å². The molecule has 2 rings (SSSR count). The number of hydrogen-bond donors (Lipinski definition) is 1. The Balaban J connectivity index is 2.57. The zero-order valence-corrected chi connectivity index (χ0v) is 11.2. The molecule has 1 aromatic carbocycles. The van der Waals surface area contributed by atoms with Gasteiger partial charge in [-0.25, -0.2) is 4.98 Å². The van der Waals surface area contributed by atoms with Crippen molar-refractivity contribution in [2.24, 2.45) is 0 Å². The quantitative estimate of drug-likeness (QED) is 0.822. The van der Waals surface area contributed by atoms with Crippen LogP contribution in [0.1, 0.15) is 11.3 Å².